The average Bonchev–Trinajstić information content (AvgIpc) is 3.30. The molecule has 2 aromatic rings. The van der Waals surface area contributed by atoms with E-state index in [1.807, 2.05) is 20.9 Å². The van der Waals surface area contributed by atoms with Gasteiger partial charge in [0.15, 0.2) is 11.6 Å². The second-order valence-corrected chi connectivity index (χ2v) is 9.31. The summed E-state index contributed by atoms with van der Waals surface area (Å²) in [5.41, 5.74) is 0.725. The van der Waals surface area contributed by atoms with E-state index in [9.17, 15) is 18.4 Å². The van der Waals surface area contributed by atoms with E-state index in [2.05, 4.69) is 15.1 Å². The van der Waals surface area contributed by atoms with E-state index < -0.39 is 11.6 Å². The molecule has 2 heterocycles. The van der Waals surface area contributed by atoms with E-state index in [1.165, 1.54) is 4.90 Å². The van der Waals surface area contributed by atoms with Crippen LogP contribution in [0.2, 0.25) is 0 Å². The molecule has 0 saturated heterocycles. The Bertz CT molecular complexity index is 1030. The Morgan fingerprint density at radius 1 is 1.03 bits per heavy atom. The highest BCUT2D eigenvalue weighted by atomic mass is 19.2. The van der Waals surface area contributed by atoms with Crippen molar-refractivity contribution < 1.29 is 22.8 Å². The van der Waals surface area contributed by atoms with E-state index in [0.29, 0.717) is 49.0 Å². The van der Waals surface area contributed by atoms with Crippen LogP contribution in [0.25, 0.3) is 0 Å². The highest BCUT2D eigenvalue weighted by molar-refractivity contribution is 5.94. The molecular weight excluding hydrogens is 456 g/mol. The Labute approximate surface area is 205 Å². The summed E-state index contributed by atoms with van der Waals surface area (Å²) >= 11 is 0. The van der Waals surface area contributed by atoms with E-state index in [1.54, 1.807) is 11.8 Å². The number of anilines is 1. The summed E-state index contributed by atoms with van der Waals surface area (Å²) in [7, 11) is 1.99. The molecule has 1 aromatic heterocycles. The summed E-state index contributed by atoms with van der Waals surface area (Å²) in [6.45, 7) is 8.06. The molecule has 0 radical (unpaired) electrons. The third-order valence-electron chi connectivity index (χ3n) is 6.15. The van der Waals surface area contributed by atoms with Crippen molar-refractivity contribution in [2.45, 2.75) is 65.3 Å². The monoisotopic (exact) mass is 491 g/mol. The maximum atomic E-state index is 14.3. The normalized spacial score (nSPS) is 16.1. The Kier molecular flexibility index (Phi) is 9.31. The first-order chi connectivity index (χ1) is 16.7. The fourth-order valence-electron chi connectivity index (χ4n) is 4.14. The van der Waals surface area contributed by atoms with Gasteiger partial charge in [0.1, 0.15) is 0 Å². The van der Waals surface area contributed by atoms with E-state index in [-0.39, 0.29) is 37.1 Å². The summed E-state index contributed by atoms with van der Waals surface area (Å²) in [6.07, 6.45) is 2.11. The van der Waals surface area contributed by atoms with Crippen LogP contribution in [0.15, 0.2) is 16.5 Å². The molecule has 0 spiro atoms. The topological polar surface area (TPSA) is 82.8 Å². The van der Waals surface area contributed by atoms with Gasteiger partial charge in [-0.25, -0.2) is 8.78 Å². The van der Waals surface area contributed by atoms with Crippen LogP contribution >= 0.6 is 0 Å². The van der Waals surface area contributed by atoms with Gasteiger partial charge < -0.3 is 19.1 Å². The van der Waals surface area contributed by atoms with Gasteiger partial charge in [-0.3, -0.25) is 9.59 Å². The van der Waals surface area contributed by atoms with Crippen molar-refractivity contribution in [1.29, 1.82) is 0 Å². The lowest BCUT2D eigenvalue weighted by atomic mass is 10.1. The summed E-state index contributed by atoms with van der Waals surface area (Å²) in [5.74, 6) is -1.33. The van der Waals surface area contributed by atoms with Crippen molar-refractivity contribution in [2.24, 2.45) is 0 Å². The zero-order valence-electron chi connectivity index (χ0n) is 21.0. The number of rotatable bonds is 5. The highest BCUT2D eigenvalue weighted by Crippen LogP contribution is 2.27. The largest absolute Gasteiger partial charge is 0.425 e. The number of benzene rings is 1. The number of carbonyl (C=O) groups is 2. The molecule has 0 saturated carbocycles. The quantitative estimate of drug-likeness (QED) is 0.631. The van der Waals surface area contributed by atoms with Crippen LogP contribution in [0.4, 0.5) is 14.5 Å². The number of nitrogens with zero attached hydrogens (tertiary/aromatic N) is 5. The predicted octanol–water partition coefficient (Wildman–Crippen LogP) is 3.90. The number of hydrogen-bond donors (Lipinski definition) is 0. The Morgan fingerprint density at radius 3 is 2.37 bits per heavy atom. The summed E-state index contributed by atoms with van der Waals surface area (Å²) < 4.78 is 34.2. The molecule has 0 fully saturated rings. The number of amides is 2. The summed E-state index contributed by atoms with van der Waals surface area (Å²) in [5, 5.41) is 8.02. The fraction of sp³-hybridized carbons (Fsp3) is 0.600. The number of aryl methyl sites for hydroxylation is 1. The van der Waals surface area contributed by atoms with Crippen molar-refractivity contribution in [3.63, 3.8) is 0 Å². The third-order valence-corrected chi connectivity index (χ3v) is 6.15. The highest BCUT2D eigenvalue weighted by Gasteiger charge is 2.24. The predicted molar refractivity (Wildman–Crippen MR) is 128 cm³/mol. The van der Waals surface area contributed by atoms with Crippen LogP contribution in [0.3, 0.4) is 0 Å². The lowest BCUT2D eigenvalue weighted by molar-refractivity contribution is -0.132. The van der Waals surface area contributed by atoms with Gasteiger partial charge in [0.05, 0.1) is 5.69 Å². The van der Waals surface area contributed by atoms with Crippen LogP contribution in [0.1, 0.15) is 69.7 Å². The van der Waals surface area contributed by atoms with Crippen molar-refractivity contribution in [3.05, 3.63) is 41.1 Å². The molecule has 10 heteroatoms. The zero-order chi connectivity index (χ0) is 25.5. The molecule has 35 heavy (non-hydrogen) atoms. The van der Waals surface area contributed by atoms with Gasteiger partial charge in [0.25, 0.3) is 0 Å². The molecule has 0 aliphatic carbocycles. The van der Waals surface area contributed by atoms with Crippen molar-refractivity contribution in [3.8, 4) is 0 Å². The SMILES string of the molecule is CCC(=O)N1CCCN(C)CCCN(C(=O)CCc2nnc(C(C)C)o2)Cc2cc(F)c(F)cc21. The number of aromatic nitrogens is 2. The maximum absolute atomic E-state index is 14.3. The maximum Gasteiger partial charge on any atom is 0.226 e. The first-order valence-corrected chi connectivity index (χ1v) is 12.3. The molecule has 1 aliphatic heterocycles. The van der Waals surface area contributed by atoms with Crippen LogP contribution < -0.4 is 4.90 Å². The van der Waals surface area contributed by atoms with Gasteiger partial charge in [0.2, 0.25) is 23.6 Å². The second-order valence-electron chi connectivity index (χ2n) is 9.31. The van der Waals surface area contributed by atoms with Gasteiger partial charge in [-0.05, 0) is 44.6 Å². The first-order valence-electron chi connectivity index (χ1n) is 12.3. The second kappa shape index (κ2) is 12.2. The Balaban J connectivity index is 1.88. The van der Waals surface area contributed by atoms with Crippen molar-refractivity contribution >= 4 is 17.5 Å². The van der Waals surface area contributed by atoms with Crippen LogP contribution in [-0.4, -0.2) is 65.0 Å². The van der Waals surface area contributed by atoms with Gasteiger partial charge in [0, 0.05) is 50.9 Å². The molecule has 0 unspecified atom stereocenters. The van der Waals surface area contributed by atoms with Gasteiger partial charge in [-0.2, -0.15) is 0 Å². The fourth-order valence-corrected chi connectivity index (χ4v) is 4.14. The smallest absolute Gasteiger partial charge is 0.226 e. The molecule has 192 valence electrons. The molecule has 1 aliphatic rings. The zero-order valence-corrected chi connectivity index (χ0v) is 21.0. The van der Waals surface area contributed by atoms with Crippen molar-refractivity contribution in [1.82, 2.24) is 20.0 Å². The van der Waals surface area contributed by atoms with Gasteiger partial charge in [-0.15, -0.1) is 10.2 Å². The number of hydrogen-bond acceptors (Lipinski definition) is 6. The van der Waals surface area contributed by atoms with E-state index >= 15 is 0 Å². The number of halogens is 2. The van der Waals surface area contributed by atoms with E-state index in [4.69, 9.17) is 4.42 Å². The average molecular weight is 492 g/mol. The lowest BCUT2D eigenvalue weighted by Crippen LogP contribution is -2.38. The van der Waals surface area contributed by atoms with Crippen LogP contribution in [0, 0.1) is 11.6 Å². The molecule has 3 rings (SSSR count). The van der Waals surface area contributed by atoms with Gasteiger partial charge >= 0.3 is 0 Å². The third kappa shape index (κ3) is 7.06. The minimum absolute atomic E-state index is 0.0731. The standard InChI is InChI=1S/C25H35F2N5O3/c1-5-23(33)32-13-7-11-30(4)10-6-12-31(16-18-14-19(26)20(27)15-21(18)32)24(34)9-8-22-28-29-25(35-22)17(2)3/h14-15,17H,5-13,16H2,1-4H3. The first kappa shape index (κ1) is 26.7. The summed E-state index contributed by atoms with van der Waals surface area (Å²) in [4.78, 5) is 31.3. The molecule has 2 amide bonds. The summed E-state index contributed by atoms with van der Waals surface area (Å²) in [6, 6.07) is 2.17. The molecule has 0 bridgehead atoms. The Morgan fingerprint density at radius 2 is 1.71 bits per heavy atom. The lowest BCUT2D eigenvalue weighted by Gasteiger charge is -2.31. The van der Waals surface area contributed by atoms with Crippen LogP contribution in [0.5, 0.6) is 0 Å². The molecule has 1 aromatic carbocycles. The minimum atomic E-state index is -1.02. The number of carbonyl (C=O) groups excluding carboxylic acids is 2. The van der Waals surface area contributed by atoms with Crippen LogP contribution in [-0.2, 0) is 22.6 Å². The van der Waals surface area contributed by atoms with E-state index in [0.717, 1.165) is 31.6 Å². The molecular formula is C25H35F2N5O3. The molecule has 0 atom stereocenters. The van der Waals surface area contributed by atoms with Gasteiger partial charge in [-0.1, -0.05) is 20.8 Å². The molecule has 8 nitrogen and oxygen atoms in total. The number of fused-ring (bicyclic) bond motifs is 1. The minimum Gasteiger partial charge on any atom is -0.425 e. The Hall–Kier alpha value is -2.88. The molecule has 0 N–H and O–H groups in total. The van der Waals surface area contributed by atoms with Crippen molar-refractivity contribution in [2.75, 3.05) is 38.1 Å².